The Hall–Kier alpha value is -3.77. The number of hydrogen-bond donors (Lipinski definition) is 4. The first kappa shape index (κ1) is 20.5. The molecule has 4 rings (SSSR count). The van der Waals surface area contributed by atoms with Gasteiger partial charge in [0.05, 0.1) is 16.9 Å². The van der Waals surface area contributed by atoms with Gasteiger partial charge in [0.25, 0.3) is 0 Å². The van der Waals surface area contributed by atoms with Crippen molar-refractivity contribution >= 4 is 45.3 Å². The molecule has 7 heteroatoms. The monoisotopic (exact) mass is 434 g/mol. The number of nitrogens with two attached hydrogens (primary N) is 1. The van der Waals surface area contributed by atoms with E-state index < -0.39 is 11.6 Å². The standard InChI is InChI=1S/C24H20ClFN4O/c1-14-9-15(25)11-17(10-14)29-21-3-2-4-22-18(21)6-7-23(30-22)20(27)13-28-16-5-8-24(31)19(26)12-16/h2-13,28-29,31H,27H2,1H3/b20-13-. The molecule has 0 saturated carbocycles. The molecular weight excluding hydrogens is 415 g/mol. The highest BCUT2D eigenvalue weighted by Crippen LogP contribution is 2.28. The number of fused-ring (bicyclic) bond motifs is 1. The summed E-state index contributed by atoms with van der Waals surface area (Å²) in [7, 11) is 0. The Labute approximate surface area is 184 Å². The third kappa shape index (κ3) is 4.70. The van der Waals surface area contributed by atoms with Crippen molar-refractivity contribution in [2.24, 2.45) is 5.73 Å². The first-order valence-corrected chi connectivity index (χ1v) is 9.92. The summed E-state index contributed by atoms with van der Waals surface area (Å²) in [6.07, 6.45) is 1.54. The highest BCUT2D eigenvalue weighted by atomic mass is 35.5. The number of phenols is 1. The molecule has 1 aromatic heterocycles. The van der Waals surface area contributed by atoms with Crippen LogP contribution in [0.5, 0.6) is 5.75 Å². The molecule has 5 N–H and O–H groups in total. The van der Waals surface area contributed by atoms with Gasteiger partial charge in [-0.3, -0.25) is 0 Å². The van der Waals surface area contributed by atoms with Crippen LogP contribution in [0.4, 0.5) is 21.5 Å². The van der Waals surface area contributed by atoms with Crippen LogP contribution in [0.15, 0.2) is 72.9 Å². The van der Waals surface area contributed by atoms with Gasteiger partial charge in [0.2, 0.25) is 0 Å². The Bertz CT molecular complexity index is 1290. The van der Waals surface area contributed by atoms with Crippen molar-refractivity contribution in [3.8, 4) is 5.75 Å². The van der Waals surface area contributed by atoms with Gasteiger partial charge in [-0.15, -0.1) is 0 Å². The van der Waals surface area contributed by atoms with Crippen LogP contribution < -0.4 is 16.4 Å². The molecule has 0 spiro atoms. The van der Waals surface area contributed by atoms with Crippen LogP contribution in [0.25, 0.3) is 16.6 Å². The van der Waals surface area contributed by atoms with E-state index in [1.165, 1.54) is 18.3 Å². The number of pyridine rings is 1. The van der Waals surface area contributed by atoms with Crippen LogP contribution in [0, 0.1) is 12.7 Å². The van der Waals surface area contributed by atoms with Crippen molar-refractivity contribution in [3.63, 3.8) is 0 Å². The average molecular weight is 435 g/mol. The zero-order valence-corrected chi connectivity index (χ0v) is 17.4. The van der Waals surface area contributed by atoms with Crippen LogP contribution in [0.1, 0.15) is 11.3 Å². The van der Waals surface area contributed by atoms with Gasteiger partial charge in [-0.2, -0.15) is 0 Å². The highest BCUT2D eigenvalue weighted by Gasteiger charge is 2.07. The number of benzene rings is 3. The lowest BCUT2D eigenvalue weighted by Crippen LogP contribution is -2.03. The average Bonchev–Trinajstić information content (AvgIpc) is 2.73. The molecule has 156 valence electrons. The van der Waals surface area contributed by atoms with E-state index in [9.17, 15) is 9.50 Å². The Morgan fingerprint density at radius 2 is 1.90 bits per heavy atom. The fourth-order valence-corrected chi connectivity index (χ4v) is 3.51. The van der Waals surface area contributed by atoms with Crippen molar-refractivity contribution in [2.75, 3.05) is 10.6 Å². The van der Waals surface area contributed by atoms with Crippen LogP contribution >= 0.6 is 11.6 Å². The summed E-state index contributed by atoms with van der Waals surface area (Å²) in [6, 6.07) is 19.3. The van der Waals surface area contributed by atoms with E-state index in [-0.39, 0.29) is 0 Å². The third-order valence-corrected chi connectivity index (χ3v) is 4.91. The molecule has 0 saturated heterocycles. The van der Waals surface area contributed by atoms with Gasteiger partial charge in [0, 0.05) is 39.7 Å². The third-order valence-electron chi connectivity index (χ3n) is 4.69. The van der Waals surface area contributed by atoms with Crippen LogP contribution in [-0.2, 0) is 0 Å². The maximum atomic E-state index is 13.5. The van der Waals surface area contributed by atoms with E-state index in [0.29, 0.717) is 22.1 Å². The number of anilines is 3. The number of aromatic hydroxyl groups is 1. The molecule has 0 aliphatic heterocycles. The fraction of sp³-hybridized carbons (Fsp3) is 0.0417. The van der Waals surface area contributed by atoms with Gasteiger partial charge in [-0.05, 0) is 67.1 Å². The molecule has 0 unspecified atom stereocenters. The summed E-state index contributed by atoms with van der Waals surface area (Å²) in [5, 5.41) is 17.2. The molecule has 4 aromatic rings. The number of nitrogens with one attached hydrogen (secondary N) is 2. The van der Waals surface area contributed by atoms with E-state index >= 15 is 0 Å². The topological polar surface area (TPSA) is 83.2 Å². The zero-order chi connectivity index (χ0) is 22.0. The Balaban J connectivity index is 1.60. The first-order valence-electron chi connectivity index (χ1n) is 9.54. The molecule has 0 atom stereocenters. The number of aromatic nitrogens is 1. The van der Waals surface area contributed by atoms with Crippen molar-refractivity contribution in [1.29, 1.82) is 0 Å². The summed E-state index contributed by atoms with van der Waals surface area (Å²) in [5.41, 5.74) is 11.2. The second kappa shape index (κ2) is 8.53. The number of hydrogen-bond acceptors (Lipinski definition) is 5. The van der Waals surface area contributed by atoms with E-state index in [2.05, 4.69) is 15.6 Å². The molecule has 5 nitrogen and oxygen atoms in total. The van der Waals surface area contributed by atoms with E-state index in [1.54, 1.807) is 6.07 Å². The smallest absolute Gasteiger partial charge is 0.166 e. The predicted molar refractivity (Wildman–Crippen MR) is 125 cm³/mol. The molecule has 1 heterocycles. The SMILES string of the molecule is Cc1cc(Cl)cc(Nc2cccc3nc(/C(N)=C/Nc4ccc(O)c(F)c4)ccc23)c1. The normalized spacial score (nSPS) is 11.5. The minimum absolute atomic E-state index is 0.388. The number of phenolic OH excluding ortho intramolecular Hbond substituents is 1. The number of aryl methyl sites for hydroxylation is 1. The van der Waals surface area contributed by atoms with Crippen LogP contribution in [0.2, 0.25) is 5.02 Å². The quantitative estimate of drug-likeness (QED) is 0.283. The Kier molecular flexibility index (Phi) is 5.64. The molecule has 3 aromatic carbocycles. The highest BCUT2D eigenvalue weighted by molar-refractivity contribution is 6.31. The summed E-state index contributed by atoms with van der Waals surface area (Å²) in [6.45, 7) is 1.99. The van der Waals surface area contributed by atoms with Gasteiger partial charge in [0.15, 0.2) is 11.6 Å². The minimum atomic E-state index is -0.712. The Morgan fingerprint density at radius 1 is 1.06 bits per heavy atom. The molecule has 0 radical (unpaired) electrons. The summed E-state index contributed by atoms with van der Waals surface area (Å²) >= 11 is 6.17. The molecule has 0 amide bonds. The van der Waals surface area contributed by atoms with E-state index in [1.807, 2.05) is 55.5 Å². The largest absolute Gasteiger partial charge is 0.505 e. The molecular formula is C24H20ClFN4O. The summed E-state index contributed by atoms with van der Waals surface area (Å²) in [4.78, 5) is 4.64. The minimum Gasteiger partial charge on any atom is -0.505 e. The van der Waals surface area contributed by atoms with Gasteiger partial charge in [-0.1, -0.05) is 17.7 Å². The van der Waals surface area contributed by atoms with Crippen LogP contribution in [0.3, 0.4) is 0 Å². The van der Waals surface area contributed by atoms with Gasteiger partial charge >= 0.3 is 0 Å². The first-order chi connectivity index (χ1) is 14.9. The van der Waals surface area contributed by atoms with E-state index in [4.69, 9.17) is 17.3 Å². The molecule has 0 aliphatic carbocycles. The lowest BCUT2D eigenvalue weighted by atomic mass is 10.1. The van der Waals surface area contributed by atoms with Crippen molar-refractivity contribution in [2.45, 2.75) is 6.92 Å². The van der Waals surface area contributed by atoms with Crippen LogP contribution in [-0.4, -0.2) is 10.1 Å². The van der Waals surface area contributed by atoms with Crippen molar-refractivity contribution < 1.29 is 9.50 Å². The molecule has 0 aliphatic rings. The fourth-order valence-electron chi connectivity index (χ4n) is 3.22. The van der Waals surface area contributed by atoms with Gasteiger partial charge in [-0.25, -0.2) is 9.37 Å². The summed E-state index contributed by atoms with van der Waals surface area (Å²) < 4.78 is 13.5. The van der Waals surface area contributed by atoms with E-state index in [0.717, 1.165) is 27.8 Å². The van der Waals surface area contributed by atoms with Gasteiger partial charge in [0.1, 0.15) is 0 Å². The van der Waals surface area contributed by atoms with Crippen molar-refractivity contribution in [3.05, 3.63) is 95.0 Å². The molecule has 0 fully saturated rings. The molecule has 31 heavy (non-hydrogen) atoms. The summed E-state index contributed by atoms with van der Waals surface area (Å²) in [5.74, 6) is -1.12. The number of halogens is 2. The second-order valence-electron chi connectivity index (χ2n) is 7.12. The molecule has 0 bridgehead atoms. The zero-order valence-electron chi connectivity index (χ0n) is 16.7. The number of rotatable bonds is 5. The maximum absolute atomic E-state index is 13.5. The second-order valence-corrected chi connectivity index (χ2v) is 7.56. The predicted octanol–water partition coefficient (Wildman–Crippen LogP) is 6.15. The van der Waals surface area contributed by atoms with Gasteiger partial charge < -0.3 is 21.5 Å². The maximum Gasteiger partial charge on any atom is 0.166 e. The number of nitrogens with zero attached hydrogens (tertiary/aromatic N) is 1. The lowest BCUT2D eigenvalue weighted by Gasteiger charge is -2.12. The lowest BCUT2D eigenvalue weighted by molar-refractivity contribution is 0.432. The Morgan fingerprint density at radius 3 is 2.68 bits per heavy atom. The van der Waals surface area contributed by atoms with Crippen molar-refractivity contribution in [1.82, 2.24) is 4.98 Å².